The first-order valence-electron chi connectivity index (χ1n) is 11.0. The number of amides is 3. The van der Waals surface area contributed by atoms with Gasteiger partial charge in [-0.1, -0.05) is 12.1 Å². The molecule has 3 N–H and O–H groups in total. The lowest BCUT2D eigenvalue weighted by atomic mass is 10.0. The predicted octanol–water partition coefficient (Wildman–Crippen LogP) is 2.98. The van der Waals surface area contributed by atoms with Crippen LogP contribution in [0.25, 0.3) is 0 Å². The van der Waals surface area contributed by atoms with Crippen LogP contribution in [0.2, 0.25) is 0 Å². The van der Waals surface area contributed by atoms with Crippen molar-refractivity contribution in [2.75, 3.05) is 33.3 Å². The highest BCUT2D eigenvalue weighted by Crippen LogP contribution is 2.20. The number of piperidine rings is 1. The highest BCUT2D eigenvalue weighted by atomic mass is 19.1. The van der Waals surface area contributed by atoms with Gasteiger partial charge < -0.3 is 20.7 Å². The third kappa shape index (κ3) is 7.15. The van der Waals surface area contributed by atoms with E-state index in [0.29, 0.717) is 12.1 Å². The van der Waals surface area contributed by atoms with E-state index in [2.05, 4.69) is 20.9 Å². The van der Waals surface area contributed by atoms with Gasteiger partial charge in [0.05, 0.1) is 7.11 Å². The molecule has 9 heteroatoms. The van der Waals surface area contributed by atoms with Crippen LogP contribution in [-0.4, -0.2) is 56.2 Å². The van der Waals surface area contributed by atoms with Crippen LogP contribution in [0.15, 0.2) is 36.4 Å². The second kappa shape index (κ2) is 11.6. The third-order valence-electron chi connectivity index (χ3n) is 5.68. The molecule has 7 nitrogen and oxygen atoms in total. The lowest BCUT2D eigenvalue weighted by Gasteiger charge is -2.32. The number of nitrogens with one attached hydrogen (secondary N) is 3. The Morgan fingerprint density at radius 2 is 1.76 bits per heavy atom. The van der Waals surface area contributed by atoms with Crippen LogP contribution in [0.4, 0.5) is 13.6 Å². The van der Waals surface area contributed by atoms with Crippen molar-refractivity contribution in [3.8, 4) is 5.75 Å². The molecule has 3 amide bonds. The molecule has 0 spiro atoms. The fraction of sp³-hybridized carbons (Fsp3) is 0.417. The van der Waals surface area contributed by atoms with Gasteiger partial charge in [-0.25, -0.2) is 13.6 Å². The zero-order valence-electron chi connectivity index (χ0n) is 18.9. The van der Waals surface area contributed by atoms with E-state index in [4.69, 9.17) is 4.74 Å². The molecule has 0 saturated carbocycles. The number of methoxy groups -OCH3 is 1. The first-order valence-corrected chi connectivity index (χ1v) is 11.0. The summed E-state index contributed by atoms with van der Waals surface area (Å²) < 4.78 is 32.4. The number of urea groups is 1. The minimum atomic E-state index is -0.428. The van der Waals surface area contributed by atoms with E-state index in [-0.39, 0.29) is 48.2 Å². The Morgan fingerprint density at radius 3 is 2.42 bits per heavy atom. The molecule has 0 atom stereocenters. The van der Waals surface area contributed by atoms with E-state index >= 15 is 0 Å². The minimum absolute atomic E-state index is 0.0546. The van der Waals surface area contributed by atoms with E-state index in [1.165, 1.54) is 19.2 Å². The van der Waals surface area contributed by atoms with Gasteiger partial charge >= 0.3 is 6.03 Å². The van der Waals surface area contributed by atoms with E-state index in [1.54, 1.807) is 25.1 Å². The predicted molar refractivity (Wildman–Crippen MR) is 121 cm³/mol. The Balaban J connectivity index is 1.32. The molecule has 0 bridgehead atoms. The third-order valence-corrected chi connectivity index (χ3v) is 5.68. The maximum absolute atomic E-state index is 13.9. The van der Waals surface area contributed by atoms with Crippen LogP contribution < -0.4 is 20.7 Å². The second-order valence-electron chi connectivity index (χ2n) is 8.14. The first-order chi connectivity index (χ1) is 15.9. The fourth-order valence-electron chi connectivity index (χ4n) is 3.73. The highest BCUT2D eigenvalue weighted by molar-refractivity contribution is 5.94. The number of nitrogens with zero attached hydrogens (tertiary/aromatic N) is 1. The van der Waals surface area contributed by atoms with Gasteiger partial charge in [0, 0.05) is 44.3 Å². The van der Waals surface area contributed by atoms with Crippen molar-refractivity contribution in [2.24, 2.45) is 0 Å². The normalized spacial score (nSPS) is 14.5. The molecule has 0 unspecified atom stereocenters. The molecule has 178 valence electrons. The molecule has 1 fully saturated rings. The monoisotopic (exact) mass is 460 g/mol. The Kier molecular flexibility index (Phi) is 8.59. The Hall–Kier alpha value is -3.20. The van der Waals surface area contributed by atoms with Gasteiger partial charge in [0.15, 0.2) is 11.6 Å². The molecule has 1 saturated heterocycles. The van der Waals surface area contributed by atoms with E-state index in [0.717, 1.165) is 31.5 Å². The van der Waals surface area contributed by atoms with Crippen molar-refractivity contribution in [1.29, 1.82) is 0 Å². The highest BCUT2D eigenvalue weighted by Gasteiger charge is 2.21. The Bertz CT molecular complexity index is 978. The molecule has 0 aromatic heterocycles. The summed E-state index contributed by atoms with van der Waals surface area (Å²) in [4.78, 5) is 26.4. The maximum Gasteiger partial charge on any atom is 0.315 e. The molecule has 2 aromatic rings. The van der Waals surface area contributed by atoms with Gasteiger partial charge in [0.2, 0.25) is 0 Å². The van der Waals surface area contributed by atoms with Crippen LogP contribution >= 0.6 is 0 Å². The largest absolute Gasteiger partial charge is 0.494 e. The summed E-state index contributed by atoms with van der Waals surface area (Å²) in [5, 5.41) is 8.32. The number of likely N-dealkylation sites (tertiary alicyclic amines) is 1. The second-order valence-corrected chi connectivity index (χ2v) is 8.14. The van der Waals surface area contributed by atoms with Crippen molar-refractivity contribution in [1.82, 2.24) is 20.9 Å². The van der Waals surface area contributed by atoms with Crippen molar-refractivity contribution in [3.63, 3.8) is 0 Å². The molecule has 1 aliphatic heterocycles. The number of carbonyl (C=O) groups is 2. The van der Waals surface area contributed by atoms with Gasteiger partial charge in [0.25, 0.3) is 5.91 Å². The quantitative estimate of drug-likeness (QED) is 0.529. The number of benzene rings is 2. The smallest absolute Gasteiger partial charge is 0.315 e. The topological polar surface area (TPSA) is 82.7 Å². The summed E-state index contributed by atoms with van der Waals surface area (Å²) in [6.45, 7) is 4.35. The summed E-state index contributed by atoms with van der Waals surface area (Å²) in [7, 11) is 1.44. The molecular formula is C24H30F2N4O3. The zero-order valence-corrected chi connectivity index (χ0v) is 18.9. The standard InChI is InChI=1S/C24H30F2N4O3/c1-16-3-5-18(14-20(16)25)23(31)27-9-10-28-24(32)29-19-7-11-30(12-8-19)15-17-4-6-22(33-2)21(26)13-17/h3-6,13-14,19H,7-12,15H2,1-2H3,(H,27,31)(H2,28,29,32). The van der Waals surface area contributed by atoms with Gasteiger partial charge in [-0.15, -0.1) is 0 Å². The number of rotatable bonds is 8. The summed E-state index contributed by atoms with van der Waals surface area (Å²) in [6, 6.07) is 9.05. The molecule has 0 aliphatic carbocycles. The molecule has 33 heavy (non-hydrogen) atoms. The van der Waals surface area contributed by atoms with Crippen LogP contribution in [0.1, 0.15) is 34.3 Å². The summed E-state index contributed by atoms with van der Waals surface area (Å²) in [5.74, 6) is -0.954. The van der Waals surface area contributed by atoms with E-state index in [1.807, 2.05) is 6.07 Å². The number of aryl methyl sites for hydroxylation is 1. The van der Waals surface area contributed by atoms with Gasteiger partial charge in [-0.2, -0.15) is 0 Å². The Morgan fingerprint density at radius 1 is 1.03 bits per heavy atom. The average molecular weight is 461 g/mol. The average Bonchev–Trinajstić information content (AvgIpc) is 2.80. The summed E-state index contributed by atoms with van der Waals surface area (Å²) in [6.07, 6.45) is 1.59. The first kappa shape index (κ1) is 24.4. The van der Waals surface area contributed by atoms with Crippen molar-refractivity contribution < 1.29 is 23.1 Å². The molecule has 1 aliphatic rings. The number of halogens is 2. The Labute approximate surface area is 192 Å². The summed E-state index contributed by atoms with van der Waals surface area (Å²) in [5.41, 5.74) is 1.60. The van der Waals surface area contributed by atoms with E-state index in [9.17, 15) is 18.4 Å². The number of hydrogen-bond donors (Lipinski definition) is 3. The molecule has 2 aromatic carbocycles. The molecule has 3 rings (SSSR count). The lowest BCUT2D eigenvalue weighted by molar-refractivity contribution is 0.0953. The van der Waals surface area contributed by atoms with Crippen molar-refractivity contribution in [3.05, 3.63) is 64.7 Å². The van der Waals surface area contributed by atoms with E-state index < -0.39 is 5.82 Å². The van der Waals surface area contributed by atoms with Crippen molar-refractivity contribution >= 4 is 11.9 Å². The van der Waals surface area contributed by atoms with Gasteiger partial charge in [-0.3, -0.25) is 9.69 Å². The van der Waals surface area contributed by atoms with Gasteiger partial charge in [-0.05, 0) is 55.2 Å². The number of carbonyl (C=O) groups excluding carboxylic acids is 2. The minimum Gasteiger partial charge on any atom is -0.494 e. The van der Waals surface area contributed by atoms with Crippen LogP contribution in [0.5, 0.6) is 5.75 Å². The molecular weight excluding hydrogens is 430 g/mol. The lowest BCUT2D eigenvalue weighted by Crippen LogP contribution is -2.48. The van der Waals surface area contributed by atoms with Gasteiger partial charge in [0.1, 0.15) is 5.82 Å². The maximum atomic E-state index is 13.9. The van der Waals surface area contributed by atoms with Crippen LogP contribution in [0, 0.1) is 18.6 Å². The SMILES string of the molecule is COc1ccc(CN2CCC(NC(=O)NCCNC(=O)c3ccc(C)c(F)c3)CC2)cc1F. The molecule has 0 radical (unpaired) electrons. The van der Waals surface area contributed by atoms with Crippen LogP contribution in [0.3, 0.4) is 0 Å². The zero-order chi connectivity index (χ0) is 23.8. The molecule has 1 heterocycles. The number of ether oxygens (including phenoxy) is 1. The fourth-order valence-corrected chi connectivity index (χ4v) is 3.73. The van der Waals surface area contributed by atoms with Crippen LogP contribution in [-0.2, 0) is 6.54 Å². The number of hydrogen-bond acceptors (Lipinski definition) is 4. The summed E-state index contributed by atoms with van der Waals surface area (Å²) >= 11 is 0. The van der Waals surface area contributed by atoms with Crippen molar-refractivity contribution in [2.45, 2.75) is 32.4 Å².